The summed E-state index contributed by atoms with van der Waals surface area (Å²) in [6.45, 7) is 0.147. The zero-order valence-electron chi connectivity index (χ0n) is 10.4. The molecule has 0 amide bonds. The minimum absolute atomic E-state index is 0.147. The monoisotopic (exact) mass is 281 g/mol. The molecule has 0 radical (unpaired) electrons. The maximum absolute atomic E-state index is 6.18. The lowest BCUT2D eigenvalue weighted by atomic mass is 10.1. The number of halogens is 1. The van der Waals surface area contributed by atoms with Crippen LogP contribution < -0.4 is 19.9 Å². The van der Waals surface area contributed by atoms with Crippen LogP contribution in [-0.4, -0.2) is 23.7 Å². The molecule has 6 nitrogen and oxygen atoms in total. The highest BCUT2D eigenvalue weighted by atomic mass is 35.5. The van der Waals surface area contributed by atoms with Crippen LogP contribution in [0.3, 0.4) is 0 Å². The highest BCUT2D eigenvalue weighted by Gasteiger charge is 2.27. The summed E-state index contributed by atoms with van der Waals surface area (Å²) in [5.74, 6) is 2.16. The predicted octanol–water partition coefficient (Wildman–Crippen LogP) is 2.06. The fourth-order valence-electron chi connectivity index (χ4n) is 2.03. The Morgan fingerprint density at radius 1 is 1.42 bits per heavy atom. The second-order valence-corrected chi connectivity index (χ2v) is 4.49. The van der Waals surface area contributed by atoms with Crippen molar-refractivity contribution < 1.29 is 14.2 Å². The quantitative estimate of drug-likeness (QED) is 0.912. The van der Waals surface area contributed by atoms with E-state index in [4.69, 9.17) is 31.5 Å². The summed E-state index contributed by atoms with van der Waals surface area (Å²) in [6.07, 6.45) is 0. The lowest BCUT2D eigenvalue weighted by Crippen LogP contribution is -1.97. The molecule has 0 saturated heterocycles. The van der Waals surface area contributed by atoms with Gasteiger partial charge >= 0.3 is 0 Å². The van der Waals surface area contributed by atoms with E-state index in [-0.39, 0.29) is 6.79 Å². The third kappa shape index (κ3) is 1.76. The molecule has 0 unspecified atom stereocenters. The van der Waals surface area contributed by atoms with Crippen LogP contribution in [0.5, 0.6) is 17.2 Å². The third-order valence-corrected chi connectivity index (χ3v) is 3.23. The molecule has 3 rings (SSSR count). The van der Waals surface area contributed by atoms with Crippen LogP contribution in [0, 0.1) is 0 Å². The summed E-state index contributed by atoms with van der Waals surface area (Å²) >= 11 is 6.18. The van der Waals surface area contributed by atoms with Gasteiger partial charge in [0.25, 0.3) is 0 Å². The number of aryl methyl sites for hydroxylation is 1. The molecule has 100 valence electrons. The fourth-order valence-corrected chi connectivity index (χ4v) is 2.30. The van der Waals surface area contributed by atoms with Crippen molar-refractivity contribution in [2.45, 2.75) is 0 Å². The number of benzene rings is 1. The molecule has 1 aromatic carbocycles. The van der Waals surface area contributed by atoms with Gasteiger partial charge in [-0.25, -0.2) is 0 Å². The summed E-state index contributed by atoms with van der Waals surface area (Å²) in [7, 11) is 3.30. The predicted molar refractivity (Wildman–Crippen MR) is 70.7 cm³/mol. The van der Waals surface area contributed by atoms with Crippen LogP contribution in [0.1, 0.15) is 0 Å². The Morgan fingerprint density at radius 2 is 2.21 bits per heavy atom. The number of nitrogens with two attached hydrogens (primary N) is 1. The van der Waals surface area contributed by atoms with Gasteiger partial charge in [-0.1, -0.05) is 11.6 Å². The summed E-state index contributed by atoms with van der Waals surface area (Å²) in [5.41, 5.74) is 7.08. The molecular weight excluding hydrogens is 270 g/mol. The lowest BCUT2D eigenvalue weighted by Gasteiger charge is -2.11. The topological polar surface area (TPSA) is 71.5 Å². The molecule has 2 aromatic rings. The first-order valence-corrected chi connectivity index (χ1v) is 5.95. The average molecular weight is 282 g/mol. The van der Waals surface area contributed by atoms with Crippen molar-refractivity contribution in [2.75, 3.05) is 19.6 Å². The first-order chi connectivity index (χ1) is 9.11. The van der Waals surface area contributed by atoms with E-state index >= 15 is 0 Å². The third-order valence-electron chi connectivity index (χ3n) is 2.95. The SMILES string of the molecule is COc1c(Cl)cc2c(c1-c1cc(N)n(C)n1)OCO2. The van der Waals surface area contributed by atoms with Gasteiger partial charge in [-0.15, -0.1) is 0 Å². The molecule has 7 heteroatoms. The highest BCUT2D eigenvalue weighted by Crippen LogP contribution is 2.50. The van der Waals surface area contributed by atoms with Crippen molar-refractivity contribution in [3.63, 3.8) is 0 Å². The normalized spacial score (nSPS) is 12.8. The minimum Gasteiger partial charge on any atom is -0.494 e. The van der Waals surface area contributed by atoms with E-state index in [1.807, 2.05) is 0 Å². The Hall–Kier alpha value is -2.08. The van der Waals surface area contributed by atoms with Crippen LogP contribution in [0.25, 0.3) is 11.3 Å². The molecule has 1 aliphatic rings. The smallest absolute Gasteiger partial charge is 0.231 e. The van der Waals surface area contributed by atoms with Crippen molar-refractivity contribution >= 4 is 17.4 Å². The average Bonchev–Trinajstić information content (AvgIpc) is 2.95. The van der Waals surface area contributed by atoms with E-state index in [0.29, 0.717) is 39.3 Å². The van der Waals surface area contributed by atoms with Crippen LogP contribution in [0.2, 0.25) is 5.02 Å². The summed E-state index contributed by atoms with van der Waals surface area (Å²) < 4.78 is 17.7. The number of anilines is 1. The van der Waals surface area contributed by atoms with Gasteiger partial charge in [-0.2, -0.15) is 5.10 Å². The van der Waals surface area contributed by atoms with Crippen molar-refractivity contribution in [3.05, 3.63) is 17.2 Å². The van der Waals surface area contributed by atoms with Gasteiger partial charge in [0.1, 0.15) is 11.5 Å². The maximum Gasteiger partial charge on any atom is 0.231 e. The maximum atomic E-state index is 6.18. The van der Waals surface area contributed by atoms with Gasteiger partial charge in [0.15, 0.2) is 17.2 Å². The Kier molecular flexibility index (Phi) is 2.67. The number of aromatic nitrogens is 2. The zero-order chi connectivity index (χ0) is 13.6. The van der Waals surface area contributed by atoms with Crippen LogP contribution in [-0.2, 0) is 7.05 Å². The van der Waals surface area contributed by atoms with Gasteiger partial charge in [0.2, 0.25) is 6.79 Å². The van der Waals surface area contributed by atoms with Gasteiger partial charge in [-0.3, -0.25) is 4.68 Å². The number of nitrogen functional groups attached to an aromatic ring is 1. The van der Waals surface area contributed by atoms with E-state index in [1.165, 1.54) is 0 Å². The molecule has 1 aromatic heterocycles. The number of hydrogen-bond acceptors (Lipinski definition) is 5. The molecule has 0 atom stereocenters. The van der Waals surface area contributed by atoms with Crippen molar-refractivity contribution in [3.8, 4) is 28.5 Å². The van der Waals surface area contributed by atoms with E-state index in [0.717, 1.165) is 0 Å². The molecular formula is C12H12ClN3O3. The lowest BCUT2D eigenvalue weighted by molar-refractivity contribution is 0.174. The number of nitrogens with zero attached hydrogens (tertiary/aromatic N) is 2. The molecule has 1 aliphatic heterocycles. The summed E-state index contributed by atoms with van der Waals surface area (Å²) in [4.78, 5) is 0. The Labute approximate surface area is 114 Å². The van der Waals surface area contributed by atoms with E-state index < -0.39 is 0 Å². The Balaban J connectivity index is 2.29. The minimum atomic E-state index is 0.147. The van der Waals surface area contributed by atoms with Crippen LogP contribution in [0.15, 0.2) is 12.1 Å². The van der Waals surface area contributed by atoms with Gasteiger partial charge in [0, 0.05) is 19.2 Å². The number of ether oxygens (including phenoxy) is 3. The number of rotatable bonds is 2. The number of methoxy groups -OCH3 is 1. The summed E-state index contributed by atoms with van der Waals surface area (Å²) in [5, 5.41) is 4.76. The first kappa shape index (κ1) is 12.0. The molecule has 0 aliphatic carbocycles. The Bertz CT molecular complexity index is 631. The molecule has 0 fully saturated rings. The molecule has 0 saturated carbocycles. The molecule has 2 heterocycles. The molecule has 0 bridgehead atoms. The number of hydrogen-bond donors (Lipinski definition) is 1. The van der Waals surface area contributed by atoms with Gasteiger partial charge < -0.3 is 19.9 Å². The van der Waals surface area contributed by atoms with Gasteiger partial charge in [-0.05, 0) is 0 Å². The van der Waals surface area contributed by atoms with Crippen molar-refractivity contribution in [2.24, 2.45) is 7.05 Å². The second kappa shape index (κ2) is 4.24. The molecule has 0 spiro atoms. The van der Waals surface area contributed by atoms with Gasteiger partial charge in [0.05, 0.1) is 17.7 Å². The van der Waals surface area contributed by atoms with E-state index in [1.54, 1.807) is 31.0 Å². The summed E-state index contributed by atoms with van der Waals surface area (Å²) in [6, 6.07) is 3.40. The van der Waals surface area contributed by atoms with Crippen molar-refractivity contribution in [1.82, 2.24) is 9.78 Å². The second-order valence-electron chi connectivity index (χ2n) is 4.08. The van der Waals surface area contributed by atoms with E-state index in [9.17, 15) is 0 Å². The van der Waals surface area contributed by atoms with Crippen molar-refractivity contribution in [1.29, 1.82) is 0 Å². The zero-order valence-corrected chi connectivity index (χ0v) is 11.2. The Morgan fingerprint density at radius 3 is 2.84 bits per heavy atom. The number of fused-ring (bicyclic) bond motifs is 1. The highest BCUT2D eigenvalue weighted by molar-refractivity contribution is 6.33. The standard InChI is InChI=1S/C12H12ClN3O3/c1-16-9(14)4-7(15-16)10-11(17-2)6(13)3-8-12(10)19-5-18-8/h3-4H,5,14H2,1-2H3. The largest absolute Gasteiger partial charge is 0.494 e. The molecule has 19 heavy (non-hydrogen) atoms. The molecule has 2 N–H and O–H groups in total. The van der Waals surface area contributed by atoms with E-state index in [2.05, 4.69) is 5.10 Å². The fraction of sp³-hybridized carbons (Fsp3) is 0.250. The van der Waals surface area contributed by atoms with Crippen LogP contribution >= 0.6 is 11.6 Å². The van der Waals surface area contributed by atoms with Crippen LogP contribution in [0.4, 0.5) is 5.82 Å². The first-order valence-electron chi connectivity index (χ1n) is 5.57.